The van der Waals surface area contributed by atoms with E-state index in [4.69, 9.17) is 0 Å². The maximum atomic E-state index is 13.3. The lowest BCUT2D eigenvalue weighted by Gasteiger charge is -2.20. The number of rotatable bonds is 6. The number of hydrogen-bond acceptors (Lipinski definition) is 2. The molecule has 0 aliphatic rings. The standard InChI is InChI=1S/C14H20F2N2O2/c1-3-9(4-2)12(19)8-17-14(20)18-11-7-5-6-10(15)13(11)16/h5-7,9,12,19H,3-4,8H2,1-2H3,(H2,17,18,20). The molecule has 0 aliphatic heterocycles. The summed E-state index contributed by atoms with van der Waals surface area (Å²) >= 11 is 0. The Kier molecular flexibility index (Phi) is 6.38. The van der Waals surface area contributed by atoms with Crippen molar-refractivity contribution in [3.05, 3.63) is 29.8 Å². The van der Waals surface area contributed by atoms with Crippen molar-refractivity contribution in [3.63, 3.8) is 0 Å². The van der Waals surface area contributed by atoms with Crippen molar-refractivity contribution in [3.8, 4) is 0 Å². The van der Waals surface area contributed by atoms with Gasteiger partial charge in [-0.1, -0.05) is 32.8 Å². The molecule has 0 aromatic heterocycles. The Labute approximate surface area is 117 Å². The van der Waals surface area contributed by atoms with E-state index in [2.05, 4.69) is 10.6 Å². The van der Waals surface area contributed by atoms with Crippen LogP contribution in [0.2, 0.25) is 0 Å². The molecule has 0 saturated carbocycles. The average molecular weight is 286 g/mol. The minimum absolute atomic E-state index is 0.0646. The summed E-state index contributed by atoms with van der Waals surface area (Å²) in [5, 5.41) is 14.5. The van der Waals surface area contributed by atoms with Crippen LogP contribution in [-0.4, -0.2) is 23.8 Å². The van der Waals surface area contributed by atoms with Crippen LogP contribution in [0, 0.1) is 17.6 Å². The number of carbonyl (C=O) groups is 1. The summed E-state index contributed by atoms with van der Waals surface area (Å²) in [6, 6.07) is 2.84. The molecule has 1 aromatic rings. The SMILES string of the molecule is CCC(CC)C(O)CNC(=O)Nc1cccc(F)c1F. The Morgan fingerprint density at radius 3 is 2.55 bits per heavy atom. The molecule has 112 valence electrons. The summed E-state index contributed by atoms with van der Waals surface area (Å²) < 4.78 is 26.3. The lowest BCUT2D eigenvalue weighted by Crippen LogP contribution is -2.38. The van der Waals surface area contributed by atoms with E-state index >= 15 is 0 Å². The van der Waals surface area contributed by atoms with Gasteiger partial charge in [0.25, 0.3) is 0 Å². The van der Waals surface area contributed by atoms with E-state index in [-0.39, 0.29) is 18.2 Å². The fourth-order valence-electron chi connectivity index (χ4n) is 1.96. The normalized spacial score (nSPS) is 12.3. The largest absolute Gasteiger partial charge is 0.391 e. The van der Waals surface area contributed by atoms with Gasteiger partial charge in [-0.3, -0.25) is 0 Å². The molecule has 0 spiro atoms. The van der Waals surface area contributed by atoms with Crippen LogP contribution in [0.3, 0.4) is 0 Å². The summed E-state index contributed by atoms with van der Waals surface area (Å²) in [7, 11) is 0. The third-order valence-corrected chi connectivity index (χ3v) is 3.26. The monoisotopic (exact) mass is 286 g/mol. The smallest absolute Gasteiger partial charge is 0.319 e. The first-order chi connectivity index (χ1) is 9.49. The predicted octanol–water partition coefficient (Wildman–Crippen LogP) is 2.88. The van der Waals surface area contributed by atoms with Crippen molar-refractivity contribution in [1.29, 1.82) is 0 Å². The van der Waals surface area contributed by atoms with Crippen molar-refractivity contribution >= 4 is 11.7 Å². The van der Waals surface area contributed by atoms with E-state index in [1.54, 1.807) is 0 Å². The lowest BCUT2D eigenvalue weighted by atomic mass is 9.97. The molecule has 0 radical (unpaired) electrons. The molecule has 1 aromatic carbocycles. The van der Waals surface area contributed by atoms with Crippen LogP contribution in [0.4, 0.5) is 19.3 Å². The first-order valence-corrected chi connectivity index (χ1v) is 6.66. The van der Waals surface area contributed by atoms with Crippen molar-refractivity contribution in [2.24, 2.45) is 5.92 Å². The molecule has 6 heteroatoms. The maximum Gasteiger partial charge on any atom is 0.319 e. The van der Waals surface area contributed by atoms with Gasteiger partial charge in [-0.2, -0.15) is 0 Å². The van der Waals surface area contributed by atoms with E-state index in [9.17, 15) is 18.7 Å². The highest BCUT2D eigenvalue weighted by atomic mass is 19.2. The first kappa shape index (κ1) is 16.4. The molecule has 0 bridgehead atoms. The van der Waals surface area contributed by atoms with Gasteiger partial charge in [-0.15, -0.1) is 0 Å². The number of carbonyl (C=O) groups excluding carboxylic acids is 1. The minimum Gasteiger partial charge on any atom is -0.391 e. The van der Waals surface area contributed by atoms with Crippen LogP contribution in [0.15, 0.2) is 18.2 Å². The summed E-state index contributed by atoms with van der Waals surface area (Å²) in [5.41, 5.74) is -0.237. The van der Waals surface area contributed by atoms with Crippen molar-refractivity contribution in [2.75, 3.05) is 11.9 Å². The zero-order valence-corrected chi connectivity index (χ0v) is 11.6. The Morgan fingerprint density at radius 1 is 1.30 bits per heavy atom. The zero-order chi connectivity index (χ0) is 15.1. The molecule has 0 saturated heterocycles. The third kappa shape index (κ3) is 4.45. The lowest BCUT2D eigenvalue weighted by molar-refractivity contribution is 0.104. The van der Waals surface area contributed by atoms with Crippen LogP contribution in [-0.2, 0) is 0 Å². The van der Waals surface area contributed by atoms with Crippen LogP contribution in [0.5, 0.6) is 0 Å². The van der Waals surface area contributed by atoms with E-state index in [0.717, 1.165) is 18.9 Å². The summed E-state index contributed by atoms with van der Waals surface area (Å²) in [6.07, 6.45) is 0.951. The Hall–Kier alpha value is -1.69. The number of anilines is 1. The molecular weight excluding hydrogens is 266 g/mol. The molecule has 3 N–H and O–H groups in total. The second-order valence-corrected chi connectivity index (χ2v) is 4.58. The van der Waals surface area contributed by atoms with Crippen molar-refractivity contribution in [1.82, 2.24) is 5.32 Å². The maximum absolute atomic E-state index is 13.3. The van der Waals surface area contributed by atoms with E-state index in [1.807, 2.05) is 13.8 Å². The number of amides is 2. The highest BCUT2D eigenvalue weighted by Gasteiger charge is 2.17. The summed E-state index contributed by atoms with van der Waals surface area (Å²) in [4.78, 5) is 11.6. The number of aliphatic hydroxyl groups is 1. The van der Waals surface area contributed by atoms with E-state index < -0.39 is 23.8 Å². The van der Waals surface area contributed by atoms with Crippen molar-refractivity contribution < 1.29 is 18.7 Å². The second-order valence-electron chi connectivity index (χ2n) is 4.58. The number of urea groups is 1. The van der Waals surface area contributed by atoms with Crippen molar-refractivity contribution in [2.45, 2.75) is 32.8 Å². The number of benzene rings is 1. The highest BCUT2D eigenvalue weighted by Crippen LogP contribution is 2.16. The fraction of sp³-hybridized carbons (Fsp3) is 0.500. The fourth-order valence-corrected chi connectivity index (χ4v) is 1.96. The Morgan fingerprint density at radius 2 is 1.95 bits per heavy atom. The Balaban J connectivity index is 2.50. The second kappa shape index (κ2) is 7.79. The van der Waals surface area contributed by atoms with Gasteiger partial charge in [0, 0.05) is 6.54 Å². The molecule has 4 nitrogen and oxygen atoms in total. The molecule has 2 amide bonds. The molecule has 0 fully saturated rings. The van der Waals surface area contributed by atoms with Gasteiger partial charge >= 0.3 is 6.03 Å². The number of aliphatic hydroxyl groups excluding tert-OH is 1. The molecule has 0 heterocycles. The summed E-state index contributed by atoms with van der Waals surface area (Å²) in [6.45, 7) is 3.98. The van der Waals surface area contributed by atoms with Gasteiger partial charge < -0.3 is 15.7 Å². The third-order valence-electron chi connectivity index (χ3n) is 3.26. The van der Waals surface area contributed by atoms with Gasteiger partial charge in [0.1, 0.15) is 0 Å². The molecule has 1 atom stereocenters. The number of hydrogen-bond donors (Lipinski definition) is 3. The van der Waals surface area contributed by atoms with Gasteiger partial charge in [-0.25, -0.2) is 13.6 Å². The predicted molar refractivity (Wildman–Crippen MR) is 73.5 cm³/mol. The topological polar surface area (TPSA) is 61.4 Å². The zero-order valence-electron chi connectivity index (χ0n) is 11.6. The van der Waals surface area contributed by atoms with Crippen LogP contribution >= 0.6 is 0 Å². The average Bonchev–Trinajstić information content (AvgIpc) is 2.43. The van der Waals surface area contributed by atoms with Crippen LogP contribution in [0.25, 0.3) is 0 Å². The minimum atomic E-state index is -1.11. The van der Waals surface area contributed by atoms with Gasteiger partial charge in [-0.05, 0) is 18.1 Å². The number of halogens is 2. The van der Waals surface area contributed by atoms with Gasteiger partial charge in [0.05, 0.1) is 11.8 Å². The van der Waals surface area contributed by atoms with E-state index in [0.29, 0.717) is 0 Å². The highest BCUT2D eigenvalue weighted by molar-refractivity contribution is 5.89. The van der Waals surface area contributed by atoms with Gasteiger partial charge in [0.15, 0.2) is 11.6 Å². The number of nitrogens with one attached hydrogen (secondary N) is 2. The van der Waals surface area contributed by atoms with E-state index in [1.165, 1.54) is 12.1 Å². The van der Waals surface area contributed by atoms with Gasteiger partial charge in [0.2, 0.25) is 0 Å². The molecular formula is C14H20F2N2O2. The molecule has 1 unspecified atom stereocenters. The quantitative estimate of drug-likeness (QED) is 0.753. The first-order valence-electron chi connectivity index (χ1n) is 6.66. The summed E-state index contributed by atoms with van der Waals surface area (Å²) in [5.74, 6) is -2.04. The van der Waals surface area contributed by atoms with Crippen LogP contribution < -0.4 is 10.6 Å². The van der Waals surface area contributed by atoms with Crippen LogP contribution in [0.1, 0.15) is 26.7 Å². The molecule has 1 rings (SSSR count). The molecule has 20 heavy (non-hydrogen) atoms. The molecule has 0 aliphatic carbocycles. The Bertz CT molecular complexity index is 451.